The molecule has 1 heterocycles. The fourth-order valence-electron chi connectivity index (χ4n) is 2.28. The van der Waals surface area contributed by atoms with Gasteiger partial charge in [0.1, 0.15) is 12.2 Å². The van der Waals surface area contributed by atoms with Gasteiger partial charge < -0.3 is 10.5 Å². The summed E-state index contributed by atoms with van der Waals surface area (Å²) in [6.45, 7) is 0.453. The lowest BCUT2D eigenvalue weighted by Gasteiger charge is -2.28. The van der Waals surface area contributed by atoms with Gasteiger partial charge in [0.25, 0.3) is 0 Å². The number of nitrogens with zero attached hydrogens (tertiary/aromatic N) is 3. The summed E-state index contributed by atoms with van der Waals surface area (Å²) in [7, 11) is 1.78. The molecule has 0 radical (unpaired) electrons. The van der Waals surface area contributed by atoms with Gasteiger partial charge in [0.2, 0.25) is 0 Å². The van der Waals surface area contributed by atoms with Gasteiger partial charge in [-0.3, -0.25) is 0 Å². The van der Waals surface area contributed by atoms with E-state index in [1.165, 1.54) is 6.42 Å². The number of methoxy groups -OCH3 is 1. The minimum absolute atomic E-state index is 0.360. The Labute approximate surface area is 89.6 Å². The highest BCUT2D eigenvalue weighted by Crippen LogP contribution is 2.29. The van der Waals surface area contributed by atoms with Gasteiger partial charge in [0.15, 0.2) is 0 Å². The number of rotatable bonds is 3. The van der Waals surface area contributed by atoms with Crippen molar-refractivity contribution in [2.24, 2.45) is 5.73 Å². The molecule has 5 heteroatoms. The minimum Gasteiger partial charge on any atom is -0.381 e. The first kappa shape index (κ1) is 10.6. The Morgan fingerprint density at radius 2 is 2.47 bits per heavy atom. The van der Waals surface area contributed by atoms with Gasteiger partial charge in [0, 0.05) is 7.11 Å². The van der Waals surface area contributed by atoms with Crippen molar-refractivity contribution in [3.63, 3.8) is 0 Å². The number of ether oxygens (including phenoxy) is 1. The van der Waals surface area contributed by atoms with Crippen molar-refractivity contribution < 1.29 is 4.74 Å². The zero-order chi connectivity index (χ0) is 10.7. The molecule has 2 rings (SSSR count). The van der Waals surface area contributed by atoms with Crippen LogP contribution in [0.25, 0.3) is 0 Å². The first-order valence-electron chi connectivity index (χ1n) is 5.46. The fourth-order valence-corrected chi connectivity index (χ4v) is 2.28. The molecule has 2 unspecified atom stereocenters. The van der Waals surface area contributed by atoms with Crippen LogP contribution in [0.15, 0.2) is 6.33 Å². The van der Waals surface area contributed by atoms with Crippen LogP contribution in [0.1, 0.15) is 37.5 Å². The topological polar surface area (TPSA) is 66.0 Å². The molecule has 5 nitrogen and oxygen atoms in total. The van der Waals surface area contributed by atoms with Crippen molar-refractivity contribution in [1.82, 2.24) is 14.8 Å². The smallest absolute Gasteiger partial charge is 0.140 e. The molecule has 15 heavy (non-hydrogen) atoms. The fraction of sp³-hybridized carbons (Fsp3) is 0.800. The Bertz CT molecular complexity index is 312. The van der Waals surface area contributed by atoms with Crippen LogP contribution in [0.3, 0.4) is 0 Å². The zero-order valence-corrected chi connectivity index (χ0v) is 9.09. The molecule has 2 N–H and O–H groups in total. The predicted molar refractivity (Wildman–Crippen MR) is 56.2 cm³/mol. The number of hydrogen-bond donors (Lipinski definition) is 1. The average Bonchev–Trinajstić information content (AvgIpc) is 2.77. The largest absolute Gasteiger partial charge is 0.381 e. The molecule has 1 fully saturated rings. The third kappa shape index (κ3) is 2.18. The van der Waals surface area contributed by atoms with E-state index in [1.54, 1.807) is 13.4 Å². The third-order valence-electron chi connectivity index (χ3n) is 3.11. The maximum Gasteiger partial charge on any atom is 0.140 e. The highest BCUT2D eigenvalue weighted by molar-refractivity contribution is 4.88. The quantitative estimate of drug-likeness (QED) is 0.803. The van der Waals surface area contributed by atoms with Gasteiger partial charge in [-0.15, -0.1) is 0 Å². The van der Waals surface area contributed by atoms with Gasteiger partial charge in [-0.05, 0) is 25.7 Å². The molecule has 2 atom stereocenters. The van der Waals surface area contributed by atoms with E-state index in [9.17, 15) is 0 Å². The Hall–Kier alpha value is -0.940. The summed E-state index contributed by atoms with van der Waals surface area (Å²) in [5, 5.41) is 4.25. The van der Waals surface area contributed by atoms with E-state index in [2.05, 4.69) is 10.1 Å². The molecule has 84 valence electrons. The maximum absolute atomic E-state index is 5.61. The molecule has 0 saturated heterocycles. The molecule has 1 aliphatic rings. The van der Waals surface area contributed by atoms with E-state index in [1.807, 2.05) is 4.68 Å². The molecule has 0 aliphatic heterocycles. The van der Waals surface area contributed by atoms with E-state index in [-0.39, 0.29) is 0 Å². The van der Waals surface area contributed by atoms with Crippen LogP contribution in [-0.4, -0.2) is 28.0 Å². The molecule has 1 aliphatic carbocycles. The highest BCUT2D eigenvalue weighted by atomic mass is 16.5. The van der Waals surface area contributed by atoms with Crippen LogP contribution in [-0.2, 0) is 11.3 Å². The van der Waals surface area contributed by atoms with Crippen molar-refractivity contribution in [2.75, 3.05) is 7.11 Å². The predicted octanol–water partition coefficient (Wildman–Crippen LogP) is 0.867. The summed E-state index contributed by atoms with van der Waals surface area (Å²) < 4.78 is 7.36. The monoisotopic (exact) mass is 210 g/mol. The van der Waals surface area contributed by atoms with E-state index in [0.717, 1.165) is 25.1 Å². The van der Waals surface area contributed by atoms with Crippen molar-refractivity contribution in [3.8, 4) is 0 Å². The van der Waals surface area contributed by atoms with Gasteiger partial charge >= 0.3 is 0 Å². The third-order valence-corrected chi connectivity index (χ3v) is 3.11. The lowest BCUT2D eigenvalue weighted by molar-refractivity contribution is 0.0502. The number of nitrogens with two attached hydrogens (primary N) is 1. The highest BCUT2D eigenvalue weighted by Gasteiger charge is 2.24. The van der Waals surface area contributed by atoms with Gasteiger partial charge in [0.05, 0.1) is 18.7 Å². The summed E-state index contributed by atoms with van der Waals surface area (Å²) >= 11 is 0. The van der Waals surface area contributed by atoms with Crippen molar-refractivity contribution >= 4 is 0 Å². The second-order valence-electron chi connectivity index (χ2n) is 4.00. The maximum atomic E-state index is 5.61. The molecule has 0 spiro atoms. The van der Waals surface area contributed by atoms with Crippen molar-refractivity contribution in [2.45, 2.75) is 44.4 Å². The Kier molecular flexibility index (Phi) is 3.33. The Morgan fingerprint density at radius 3 is 3.20 bits per heavy atom. The minimum atomic E-state index is 0.360. The molecule has 0 aromatic carbocycles. The van der Waals surface area contributed by atoms with E-state index < -0.39 is 0 Å². The molecule has 0 amide bonds. The van der Waals surface area contributed by atoms with E-state index >= 15 is 0 Å². The van der Waals surface area contributed by atoms with Gasteiger partial charge in [-0.1, -0.05) is 0 Å². The van der Waals surface area contributed by atoms with Crippen LogP contribution < -0.4 is 5.73 Å². The van der Waals surface area contributed by atoms with Crippen molar-refractivity contribution in [3.05, 3.63) is 12.2 Å². The summed E-state index contributed by atoms with van der Waals surface area (Å²) in [5.74, 6) is 0.872. The lowest BCUT2D eigenvalue weighted by atomic mass is 9.93. The van der Waals surface area contributed by atoms with Gasteiger partial charge in [-0.2, -0.15) is 5.10 Å². The first-order chi connectivity index (χ1) is 7.35. The van der Waals surface area contributed by atoms with Crippen LogP contribution in [0.2, 0.25) is 0 Å². The second-order valence-corrected chi connectivity index (χ2v) is 4.00. The molecular weight excluding hydrogens is 192 g/mol. The lowest BCUT2D eigenvalue weighted by Crippen LogP contribution is -2.26. The summed E-state index contributed by atoms with van der Waals surface area (Å²) in [5.41, 5.74) is 5.61. The van der Waals surface area contributed by atoms with Crippen LogP contribution in [0, 0.1) is 0 Å². The summed E-state index contributed by atoms with van der Waals surface area (Å²) in [4.78, 5) is 4.15. The Balaban J connectivity index is 2.09. The van der Waals surface area contributed by atoms with Crippen LogP contribution in [0.4, 0.5) is 0 Å². The van der Waals surface area contributed by atoms with Crippen LogP contribution >= 0.6 is 0 Å². The van der Waals surface area contributed by atoms with Gasteiger partial charge in [-0.25, -0.2) is 9.67 Å². The normalized spacial score (nSPS) is 26.8. The molecule has 1 saturated carbocycles. The Morgan fingerprint density at radius 1 is 1.60 bits per heavy atom. The SMILES string of the molecule is COC1CCCC(n2ncnc2CN)C1. The summed E-state index contributed by atoms with van der Waals surface area (Å²) in [6, 6.07) is 0.407. The number of aromatic nitrogens is 3. The molecule has 1 aromatic rings. The van der Waals surface area contributed by atoms with E-state index in [0.29, 0.717) is 18.7 Å². The second kappa shape index (κ2) is 4.72. The number of hydrogen-bond acceptors (Lipinski definition) is 4. The van der Waals surface area contributed by atoms with Crippen LogP contribution in [0.5, 0.6) is 0 Å². The summed E-state index contributed by atoms with van der Waals surface area (Å²) in [6.07, 6.45) is 6.45. The van der Waals surface area contributed by atoms with E-state index in [4.69, 9.17) is 10.5 Å². The first-order valence-corrected chi connectivity index (χ1v) is 5.46. The molecular formula is C10H18N4O. The zero-order valence-electron chi connectivity index (χ0n) is 9.09. The molecule has 0 bridgehead atoms. The average molecular weight is 210 g/mol. The molecule has 1 aromatic heterocycles. The standard InChI is InChI=1S/C10H18N4O/c1-15-9-4-2-3-8(5-9)14-10(6-11)12-7-13-14/h7-9H,2-6,11H2,1H3. The van der Waals surface area contributed by atoms with Crippen molar-refractivity contribution in [1.29, 1.82) is 0 Å².